The molecule has 1 saturated heterocycles. The number of benzene rings is 2. The van der Waals surface area contributed by atoms with Gasteiger partial charge in [0.1, 0.15) is 5.82 Å². The van der Waals surface area contributed by atoms with Crippen molar-refractivity contribution in [2.75, 3.05) is 32.7 Å². The van der Waals surface area contributed by atoms with Crippen molar-refractivity contribution in [3.05, 3.63) is 203 Å². The van der Waals surface area contributed by atoms with Crippen molar-refractivity contribution in [3.63, 3.8) is 0 Å². The molecule has 80 heavy (non-hydrogen) atoms. The summed E-state index contributed by atoms with van der Waals surface area (Å²) in [4.78, 5) is 10.3. The number of aryl methyl sites for hydroxylation is 1. The van der Waals surface area contributed by atoms with Crippen LogP contribution in [0.5, 0.6) is 0 Å². The number of unbranched alkanes of at least 4 members (excludes halogenated alkanes) is 2. The van der Waals surface area contributed by atoms with E-state index in [0.29, 0.717) is 43.1 Å². The summed E-state index contributed by atoms with van der Waals surface area (Å²) in [5.41, 5.74) is 21.1. The van der Waals surface area contributed by atoms with E-state index in [9.17, 15) is 0 Å². The summed E-state index contributed by atoms with van der Waals surface area (Å²) < 4.78 is 15.7. The van der Waals surface area contributed by atoms with Gasteiger partial charge in [-0.3, -0.25) is 0 Å². The average molecular weight is 1080 g/mol. The fraction of sp³-hybridized carbons (Fsp3) is 0.471. The lowest BCUT2D eigenvalue weighted by molar-refractivity contribution is 0.201. The largest absolute Gasteiger partial charge is 0.387 e. The van der Waals surface area contributed by atoms with Crippen molar-refractivity contribution < 1.29 is 4.39 Å². The summed E-state index contributed by atoms with van der Waals surface area (Å²) in [5, 5.41) is 23.0. The maximum absolute atomic E-state index is 15.7. The molecule has 2 saturated carbocycles. The van der Waals surface area contributed by atoms with Gasteiger partial charge in [-0.2, -0.15) is 0 Å². The zero-order valence-corrected chi connectivity index (χ0v) is 49.3. The summed E-state index contributed by atoms with van der Waals surface area (Å²) in [6.07, 6.45) is 17.6. The molecular weight excluding hydrogens is 986 g/mol. The van der Waals surface area contributed by atoms with Gasteiger partial charge in [-0.25, -0.2) is 9.37 Å². The van der Waals surface area contributed by atoms with Gasteiger partial charge >= 0.3 is 0 Å². The van der Waals surface area contributed by atoms with E-state index in [1.165, 1.54) is 58.4 Å². The van der Waals surface area contributed by atoms with E-state index in [1.54, 1.807) is 6.07 Å². The number of nitrogens with one attached hydrogen (secondary N) is 6. The molecule has 3 aromatic rings. The normalized spacial score (nSPS) is 24.0. The minimum atomic E-state index is -0.183. The van der Waals surface area contributed by atoms with Crippen LogP contribution in [-0.2, 0) is 19.4 Å². The van der Waals surface area contributed by atoms with Crippen molar-refractivity contribution in [2.24, 2.45) is 22.7 Å². The second kappa shape index (κ2) is 22.7. The average Bonchev–Trinajstić information content (AvgIpc) is 4.43. The van der Waals surface area contributed by atoms with Crippen LogP contribution in [0.2, 0.25) is 0 Å². The Kier molecular flexibility index (Phi) is 16.1. The fourth-order valence-corrected chi connectivity index (χ4v) is 14.9. The molecule has 2 aromatic carbocycles. The highest BCUT2D eigenvalue weighted by atomic mass is 19.1. The second-order valence-electron chi connectivity index (χ2n) is 25.1. The Morgan fingerprint density at radius 2 is 1.57 bits per heavy atom. The molecule has 424 valence electrons. The lowest BCUT2D eigenvalue weighted by atomic mass is 9.75. The predicted octanol–water partition coefficient (Wildman–Crippen LogP) is 14.0. The molecule has 3 fully saturated rings. The van der Waals surface area contributed by atoms with Gasteiger partial charge < -0.3 is 41.7 Å². The summed E-state index contributed by atoms with van der Waals surface area (Å²) in [5.74, 6) is 0.895. The van der Waals surface area contributed by atoms with Crippen LogP contribution in [0.3, 0.4) is 0 Å². The topological polar surface area (TPSA) is 91.5 Å². The Balaban J connectivity index is 0.687. The van der Waals surface area contributed by atoms with Crippen LogP contribution in [0.1, 0.15) is 151 Å². The lowest BCUT2D eigenvalue weighted by Gasteiger charge is -2.37. The van der Waals surface area contributed by atoms with E-state index >= 15 is 4.39 Å². The first-order valence-corrected chi connectivity index (χ1v) is 30.1. The van der Waals surface area contributed by atoms with E-state index in [-0.39, 0.29) is 23.3 Å². The minimum Gasteiger partial charge on any atom is -0.387 e. The summed E-state index contributed by atoms with van der Waals surface area (Å²) in [7, 11) is 0. The molecule has 7 aliphatic rings. The molecule has 4 aliphatic carbocycles. The van der Waals surface area contributed by atoms with Gasteiger partial charge in [-0.15, -0.1) is 0 Å². The van der Waals surface area contributed by atoms with Gasteiger partial charge in [0.05, 0.1) is 55.2 Å². The van der Waals surface area contributed by atoms with Crippen LogP contribution >= 0.6 is 0 Å². The maximum Gasteiger partial charge on any atom is 0.128 e. The third-order valence-electron chi connectivity index (χ3n) is 20.4. The van der Waals surface area contributed by atoms with E-state index in [0.717, 1.165) is 169 Å². The number of hydrogen-bond acceptors (Lipinski definition) is 9. The number of piperidine rings is 1. The minimum absolute atomic E-state index is 0.0116. The Bertz CT molecular complexity index is 3130. The maximum atomic E-state index is 15.7. The molecule has 6 unspecified atom stereocenters. The number of pyridine rings is 1. The molecule has 9 nitrogen and oxygen atoms in total. The van der Waals surface area contributed by atoms with Crippen LogP contribution in [0, 0.1) is 35.4 Å². The van der Waals surface area contributed by atoms with Gasteiger partial charge in [0, 0.05) is 92.6 Å². The van der Waals surface area contributed by atoms with Gasteiger partial charge in [0.15, 0.2) is 0 Å². The zero-order valence-electron chi connectivity index (χ0n) is 49.3. The first-order valence-electron chi connectivity index (χ1n) is 30.1. The van der Waals surface area contributed by atoms with Crippen molar-refractivity contribution in [3.8, 4) is 0 Å². The Morgan fingerprint density at radius 3 is 2.31 bits per heavy atom. The van der Waals surface area contributed by atoms with Crippen LogP contribution in [0.4, 0.5) is 4.39 Å². The van der Waals surface area contributed by atoms with Crippen LogP contribution < -0.4 is 31.9 Å². The molecule has 0 spiro atoms. The number of halogens is 1. The molecule has 0 amide bonds. The predicted molar refractivity (Wildman–Crippen MR) is 332 cm³/mol. The fourth-order valence-electron chi connectivity index (χ4n) is 14.9. The zero-order chi connectivity index (χ0) is 56.8. The molecule has 10 heteroatoms. The number of fused-ring (bicyclic) bond motifs is 5. The molecule has 3 aliphatic heterocycles. The molecular formula is C70H92FN9. The highest BCUT2D eigenvalue weighted by molar-refractivity contribution is 5.93. The lowest BCUT2D eigenvalue weighted by Crippen LogP contribution is -2.40. The third-order valence-corrected chi connectivity index (χ3v) is 20.4. The molecule has 0 radical (unpaired) electrons. The first kappa shape index (κ1) is 56.6. The van der Waals surface area contributed by atoms with E-state index in [2.05, 4.69) is 152 Å². The number of aromatic nitrogens is 1. The first-order chi connectivity index (χ1) is 38.3. The summed E-state index contributed by atoms with van der Waals surface area (Å²) >= 11 is 0. The molecule has 4 heterocycles. The number of allylic oxidation sites excluding steroid dienone is 7. The van der Waals surface area contributed by atoms with Crippen molar-refractivity contribution in [1.29, 1.82) is 0 Å². The van der Waals surface area contributed by atoms with Gasteiger partial charge in [-0.05, 0) is 155 Å². The number of hydrogen-bond donors (Lipinski definition) is 6. The Labute approximate surface area is 479 Å². The van der Waals surface area contributed by atoms with Crippen molar-refractivity contribution in [2.45, 2.75) is 155 Å². The molecule has 0 bridgehead atoms. The van der Waals surface area contributed by atoms with Gasteiger partial charge in [-0.1, -0.05) is 122 Å². The molecule has 6 N–H and O–H groups in total. The summed E-state index contributed by atoms with van der Waals surface area (Å²) in [6.45, 7) is 56.0. The van der Waals surface area contributed by atoms with Crippen LogP contribution in [0.25, 0.3) is 16.6 Å². The molecule has 6 atom stereocenters. The standard InChI is InChI=1S/C70H92FN9/c1-15-54-43(3)26-27-56-51(11)79-42-58-66-60(29-28-55-49(9)59(71)38-62(65(55)66)78-67(58)63(79)37-57(54)56)77-52(12)70(30-31-70)32-33-72-45(5)40-75-50(10)61(36-53-24-20-17-21-25-53)76-47(7)41-74-46(6)39-73-44(4)23-19-18-22-34-80-48(8)35-64-68(13,16-2)69(64,80)14/h17,20-21,24-25,37-38,54,60-61,64,72-77H,3-8,10-12,15-16,18-19,22-23,26-36,39-42H2,1-2,9,13-14H3. The number of rotatable bonds is 29. The summed E-state index contributed by atoms with van der Waals surface area (Å²) in [6, 6.07) is 12.1. The Morgan fingerprint density at radius 1 is 0.850 bits per heavy atom. The molecule has 1 aromatic heterocycles. The second-order valence-corrected chi connectivity index (χ2v) is 25.1. The SMILES string of the molecule is C=C(CCCCCN1C(=C)CC2C(C)(CC)C21C)NCC(=C)NCC(=C)NC(Cc1ccccc1)C(=C)NCC(=C)NCCC1(C(=C)NC2CCc3c(C)c(F)cc4nc5c(c2c34)CN2C(=C)C3=C(C=C52)C(CC)C(=C)CC3)CC1. The van der Waals surface area contributed by atoms with Crippen LogP contribution in [0.15, 0.2) is 164 Å². The highest BCUT2D eigenvalue weighted by Gasteiger charge is 2.75. The number of likely N-dealkylation sites (tertiary alicyclic amines) is 1. The van der Waals surface area contributed by atoms with Gasteiger partial charge in [0.25, 0.3) is 0 Å². The van der Waals surface area contributed by atoms with Crippen LogP contribution in [-0.4, -0.2) is 59.1 Å². The van der Waals surface area contributed by atoms with Crippen molar-refractivity contribution >= 4 is 16.6 Å². The third kappa shape index (κ3) is 10.6. The monoisotopic (exact) mass is 1080 g/mol. The van der Waals surface area contributed by atoms with Gasteiger partial charge in [0.2, 0.25) is 0 Å². The smallest absolute Gasteiger partial charge is 0.128 e. The highest BCUT2D eigenvalue weighted by Crippen LogP contribution is 2.73. The van der Waals surface area contributed by atoms with Crippen molar-refractivity contribution in [1.82, 2.24) is 46.7 Å². The van der Waals surface area contributed by atoms with E-state index in [4.69, 9.17) is 11.6 Å². The quantitative estimate of drug-likeness (QED) is 0.0300. The number of nitrogens with zero attached hydrogens (tertiary/aromatic N) is 3. The van der Waals surface area contributed by atoms with E-state index in [1.807, 2.05) is 13.0 Å². The Hall–Kier alpha value is -6.68. The van der Waals surface area contributed by atoms with E-state index < -0.39 is 0 Å². The molecule has 10 rings (SSSR count).